The van der Waals surface area contributed by atoms with E-state index in [1.807, 2.05) is 30.3 Å². The third-order valence-electron chi connectivity index (χ3n) is 14.8. The summed E-state index contributed by atoms with van der Waals surface area (Å²) in [4.78, 5) is 19.7. The molecule has 3 aromatic heterocycles. The van der Waals surface area contributed by atoms with Gasteiger partial charge in [-0.05, 0) is 109 Å². The van der Waals surface area contributed by atoms with Gasteiger partial charge in [-0.25, -0.2) is 19.9 Å². The van der Waals surface area contributed by atoms with E-state index < -0.39 is 13.5 Å². The van der Waals surface area contributed by atoms with Crippen molar-refractivity contribution in [2.24, 2.45) is 0 Å². The van der Waals surface area contributed by atoms with Gasteiger partial charge in [0.15, 0.2) is 16.5 Å². The van der Waals surface area contributed by atoms with Gasteiger partial charge in [0, 0.05) is 17.3 Å². The highest BCUT2D eigenvalue weighted by Gasteiger charge is 2.47. The fourth-order valence-electron chi connectivity index (χ4n) is 12.0. The Balaban J connectivity index is 1.05. The first-order chi connectivity index (χ1) is 33.2. The second-order valence-corrected chi connectivity index (χ2v) is 26.2. The first-order valence-electron chi connectivity index (χ1n) is 23.9. The van der Waals surface area contributed by atoms with Gasteiger partial charge < -0.3 is 0 Å². The van der Waals surface area contributed by atoms with E-state index in [2.05, 4.69) is 210 Å². The molecule has 7 aromatic carbocycles. The molecule has 0 atom stereocenters. The maximum Gasteiger partial charge on any atom is 0.189 e. The van der Waals surface area contributed by atoms with Gasteiger partial charge in [0.05, 0.1) is 29.6 Å². The van der Waals surface area contributed by atoms with Crippen LogP contribution >= 0.6 is 11.3 Å². The number of aromatic nitrogens is 4. The molecule has 0 radical (unpaired) electrons. The molecule has 1 aliphatic carbocycles. The number of fused-ring (bicyclic) bond motifs is 4. The van der Waals surface area contributed by atoms with Gasteiger partial charge in [-0.15, -0.1) is 11.3 Å². The van der Waals surface area contributed by atoms with Crippen LogP contribution in [0.5, 0.6) is 0 Å². The lowest BCUT2D eigenvalue weighted by Crippen LogP contribution is -2.55. The van der Waals surface area contributed by atoms with Gasteiger partial charge in [0.2, 0.25) is 0 Å². The first kappa shape index (κ1) is 43.4. The number of thiazole rings is 1. The van der Waals surface area contributed by atoms with E-state index in [9.17, 15) is 0 Å². The molecule has 332 valence electrons. The predicted molar refractivity (Wildman–Crippen MR) is 288 cm³/mol. The maximum atomic E-state index is 5.20. The van der Waals surface area contributed by atoms with Gasteiger partial charge in [0.25, 0.3) is 0 Å². The van der Waals surface area contributed by atoms with Crippen LogP contribution in [0.4, 0.5) is 0 Å². The van der Waals surface area contributed by atoms with Gasteiger partial charge in [-0.2, -0.15) is 0 Å². The molecule has 10 aromatic rings. The van der Waals surface area contributed by atoms with Gasteiger partial charge in [-0.1, -0.05) is 204 Å². The molecule has 6 heteroatoms. The summed E-state index contributed by atoms with van der Waals surface area (Å²) in [6.45, 7) is 14.7. The van der Waals surface area contributed by atoms with E-state index in [1.54, 1.807) is 22.7 Å². The molecular weight excluding hydrogens is 861 g/mol. The van der Waals surface area contributed by atoms with Crippen LogP contribution in [0.2, 0.25) is 16.6 Å². The summed E-state index contributed by atoms with van der Waals surface area (Å²) in [6, 6.07) is 71.5. The Labute approximate surface area is 405 Å². The Morgan fingerprint density at radius 1 is 0.426 bits per heavy atom. The third-order valence-corrected chi connectivity index (χ3v) is 22.8. The van der Waals surface area contributed by atoms with Crippen LogP contribution in [0.3, 0.4) is 0 Å². The van der Waals surface area contributed by atoms with Gasteiger partial charge in [0.1, 0.15) is 0 Å². The van der Waals surface area contributed by atoms with Crippen LogP contribution in [0.15, 0.2) is 200 Å². The van der Waals surface area contributed by atoms with Crippen LogP contribution in [-0.4, -0.2) is 28.0 Å². The molecule has 4 nitrogen and oxygen atoms in total. The molecule has 0 bridgehead atoms. The minimum Gasteiger partial charge on any atom is -0.236 e. The molecule has 3 heterocycles. The standard InChI is InChI=1S/C62H54N4SSi/c1-40(2)68(41(3)4,42(5)6)51-31-27-43(28-32-51)46-29-33-52-53-34-30-47(38-55(53)62(54(52)37-46,49-22-12-8-13-23-49)50-24-14-9-15-25-50)45-20-16-21-48(36-45)57-39-56(44-18-10-7-11-19-44)64-60(65-57)61-66-59-58(67-61)26-17-35-63-59/h7-42H,1-6H3. The number of hydrogen-bond acceptors (Lipinski definition) is 5. The highest BCUT2D eigenvalue weighted by molar-refractivity contribution is 7.21. The molecule has 0 aliphatic heterocycles. The molecular formula is C62H54N4SSi. The van der Waals surface area contributed by atoms with E-state index in [4.69, 9.17) is 15.0 Å². The molecule has 1 aliphatic rings. The highest BCUT2D eigenvalue weighted by Crippen LogP contribution is 2.57. The monoisotopic (exact) mass is 914 g/mol. The van der Waals surface area contributed by atoms with E-state index >= 15 is 0 Å². The van der Waals surface area contributed by atoms with E-state index in [1.165, 1.54) is 44.5 Å². The summed E-state index contributed by atoms with van der Waals surface area (Å²) in [5.74, 6) is 0.590. The van der Waals surface area contributed by atoms with Crippen molar-refractivity contribution in [2.75, 3.05) is 0 Å². The van der Waals surface area contributed by atoms with Crippen molar-refractivity contribution in [3.63, 3.8) is 0 Å². The Morgan fingerprint density at radius 2 is 0.926 bits per heavy atom. The van der Waals surface area contributed by atoms with Gasteiger partial charge >= 0.3 is 0 Å². The summed E-state index contributed by atoms with van der Waals surface area (Å²) < 4.78 is 1.01. The zero-order valence-corrected chi connectivity index (χ0v) is 41.3. The Morgan fingerprint density at radius 3 is 1.50 bits per heavy atom. The average molecular weight is 915 g/mol. The second-order valence-electron chi connectivity index (χ2n) is 19.2. The smallest absolute Gasteiger partial charge is 0.189 e. The molecule has 11 rings (SSSR count). The molecule has 0 spiro atoms. The van der Waals surface area contributed by atoms with Crippen LogP contribution in [0.1, 0.15) is 63.8 Å². The van der Waals surface area contributed by atoms with Crippen LogP contribution in [-0.2, 0) is 5.41 Å². The Kier molecular flexibility index (Phi) is 11.2. The fourth-order valence-corrected chi connectivity index (χ4v) is 19.6. The van der Waals surface area contributed by atoms with Crippen LogP contribution < -0.4 is 5.19 Å². The minimum absolute atomic E-state index is 0.565. The topological polar surface area (TPSA) is 51.6 Å². The number of benzene rings is 7. The lowest BCUT2D eigenvalue weighted by molar-refractivity contribution is 0.769. The summed E-state index contributed by atoms with van der Waals surface area (Å²) in [5.41, 5.74) is 18.2. The number of nitrogens with zero attached hydrogens (tertiary/aromatic N) is 4. The zero-order valence-electron chi connectivity index (χ0n) is 39.5. The van der Waals surface area contributed by atoms with Crippen molar-refractivity contribution in [1.82, 2.24) is 19.9 Å². The van der Waals surface area contributed by atoms with E-state index in [0.29, 0.717) is 28.1 Å². The lowest BCUT2D eigenvalue weighted by atomic mass is 9.67. The zero-order chi connectivity index (χ0) is 46.6. The summed E-state index contributed by atoms with van der Waals surface area (Å²) in [7, 11) is -1.81. The highest BCUT2D eigenvalue weighted by atomic mass is 32.1. The van der Waals surface area contributed by atoms with Crippen molar-refractivity contribution in [2.45, 2.75) is 63.6 Å². The first-order valence-corrected chi connectivity index (χ1v) is 27.0. The average Bonchev–Trinajstić information content (AvgIpc) is 3.95. The normalized spacial score (nSPS) is 13.1. The Hall–Kier alpha value is -7.12. The number of hydrogen-bond donors (Lipinski definition) is 0. The largest absolute Gasteiger partial charge is 0.236 e. The van der Waals surface area contributed by atoms with Crippen molar-refractivity contribution < 1.29 is 0 Å². The molecule has 0 saturated carbocycles. The lowest BCUT2D eigenvalue weighted by Gasteiger charge is -2.43. The van der Waals surface area contributed by atoms with Crippen molar-refractivity contribution in [1.29, 1.82) is 0 Å². The fraction of sp³-hybridized carbons (Fsp3) is 0.161. The van der Waals surface area contributed by atoms with Crippen molar-refractivity contribution >= 4 is 34.9 Å². The molecule has 0 saturated heterocycles. The number of pyridine rings is 1. The number of rotatable bonds is 11. The maximum absolute atomic E-state index is 5.20. The van der Waals surface area contributed by atoms with E-state index in [0.717, 1.165) is 43.3 Å². The SMILES string of the molecule is CC(C)[Si](c1ccc(-c2ccc3c(c2)C(c2ccccc2)(c2ccccc2)c2cc(-c4cccc(-c5cc(-c6ccccc6)nc(-c6nc7ncccc7s6)n5)c4)ccc2-3)cc1)(C(C)C)C(C)C. The minimum atomic E-state index is -1.81. The predicted octanol–water partition coefficient (Wildman–Crippen LogP) is 16.1. The van der Waals surface area contributed by atoms with Crippen molar-refractivity contribution in [3.8, 4) is 66.7 Å². The third kappa shape index (κ3) is 7.17. The van der Waals surface area contributed by atoms with E-state index in [-0.39, 0.29) is 0 Å². The second kappa shape index (κ2) is 17.5. The van der Waals surface area contributed by atoms with Gasteiger partial charge in [-0.3, -0.25) is 0 Å². The van der Waals surface area contributed by atoms with Crippen LogP contribution in [0, 0.1) is 0 Å². The molecule has 68 heavy (non-hydrogen) atoms. The summed E-state index contributed by atoms with van der Waals surface area (Å²) >= 11 is 1.57. The van der Waals surface area contributed by atoms with Crippen molar-refractivity contribution in [3.05, 3.63) is 223 Å². The summed E-state index contributed by atoms with van der Waals surface area (Å²) in [6.07, 6.45) is 1.78. The van der Waals surface area contributed by atoms with Crippen LogP contribution in [0.25, 0.3) is 77.1 Å². The quantitative estimate of drug-likeness (QED) is 0.121. The molecule has 0 N–H and O–H groups in total. The summed E-state index contributed by atoms with van der Waals surface area (Å²) in [5, 5.41) is 2.31. The Bertz CT molecular complexity index is 3340. The molecule has 0 fully saturated rings. The molecule has 0 amide bonds. The molecule has 0 unspecified atom stereocenters.